The van der Waals surface area contributed by atoms with Crippen LogP contribution in [0, 0.1) is 11.6 Å². The Morgan fingerprint density at radius 3 is 2.62 bits per heavy atom. The number of halogens is 2. The van der Waals surface area contributed by atoms with Crippen molar-refractivity contribution in [1.29, 1.82) is 0 Å². The Bertz CT molecular complexity index is 948. The molecular weight excluding hydrogens is 364 g/mol. The molecule has 134 valence electrons. The van der Waals surface area contributed by atoms with Gasteiger partial charge in [-0.2, -0.15) is 0 Å². The van der Waals surface area contributed by atoms with Crippen molar-refractivity contribution in [2.45, 2.75) is 13.5 Å². The first-order chi connectivity index (χ1) is 12.4. The number of hydrogen-bond donors (Lipinski definition) is 2. The van der Waals surface area contributed by atoms with Gasteiger partial charge >= 0.3 is 0 Å². The van der Waals surface area contributed by atoms with Crippen molar-refractivity contribution in [3.05, 3.63) is 58.7 Å². The molecular formula is C17H13F2N3O3S. The number of hydrogen-bond acceptors (Lipinski definition) is 5. The molecule has 2 heterocycles. The van der Waals surface area contributed by atoms with Crippen LogP contribution in [0.5, 0.6) is 0 Å². The normalized spacial score (nSPS) is 10.6. The van der Waals surface area contributed by atoms with Gasteiger partial charge in [0.15, 0.2) is 10.9 Å². The van der Waals surface area contributed by atoms with E-state index in [0.717, 1.165) is 23.5 Å². The molecule has 2 aromatic heterocycles. The molecule has 0 aliphatic rings. The van der Waals surface area contributed by atoms with E-state index >= 15 is 0 Å². The monoisotopic (exact) mass is 377 g/mol. The predicted octanol–water partition coefficient (Wildman–Crippen LogP) is 3.57. The smallest absolute Gasteiger partial charge is 0.257 e. The van der Waals surface area contributed by atoms with Gasteiger partial charge in [-0.25, -0.2) is 13.8 Å². The van der Waals surface area contributed by atoms with Gasteiger partial charge in [0.25, 0.3) is 5.91 Å². The van der Waals surface area contributed by atoms with Crippen LogP contribution in [0.2, 0.25) is 0 Å². The molecule has 2 N–H and O–H groups in total. The summed E-state index contributed by atoms with van der Waals surface area (Å²) in [5, 5.41) is 7.03. The Morgan fingerprint density at radius 2 is 1.92 bits per heavy atom. The van der Waals surface area contributed by atoms with Gasteiger partial charge in [0.05, 0.1) is 6.54 Å². The third-order valence-electron chi connectivity index (χ3n) is 3.28. The summed E-state index contributed by atoms with van der Waals surface area (Å²) in [6.45, 7) is 1.66. The SMILES string of the molecule is CC(=O)NCc1ccc(-c2csc(NC(=O)c3cc(F)cc(F)c3)n2)o1. The minimum Gasteiger partial charge on any atom is -0.458 e. The largest absolute Gasteiger partial charge is 0.458 e. The van der Waals surface area contributed by atoms with Crippen LogP contribution in [0.25, 0.3) is 11.5 Å². The summed E-state index contributed by atoms with van der Waals surface area (Å²) in [5.41, 5.74) is 0.347. The number of benzene rings is 1. The van der Waals surface area contributed by atoms with E-state index in [1.54, 1.807) is 17.5 Å². The molecule has 0 saturated heterocycles. The van der Waals surface area contributed by atoms with Crippen LogP contribution in [0.3, 0.4) is 0 Å². The van der Waals surface area contributed by atoms with Crippen LogP contribution in [0.1, 0.15) is 23.0 Å². The lowest BCUT2D eigenvalue weighted by Crippen LogP contribution is -2.18. The van der Waals surface area contributed by atoms with Crippen LogP contribution in [0.4, 0.5) is 13.9 Å². The van der Waals surface area contributed by atoms with Crippen molar-refractivity contribution in [3.8, 4) is 11.5 Å². The fraction of sp³-hybridized carbons (Fsp3) is 0.118. The third-order valence-corrected chi connectivity index (χ3v) is 4.03. The molecule has 26 heavy (non-hydrogen) atoms. The average molecular weight is 377 g/mol. The Kier molecular flexibility index (Phi) is 5.08. The summed E-state index contributed by atoms with van der Waals surface area (Å²) in [7, 11) is 0. The number of rotatable bonds is 5. The van der Waals surface area contributed by atoms with Crippen molar-refractivity contribution in [2.24, 2.45) is 0 Å². The van der Waals surface area contributed by atoms with Crippen LogP contribution in [-0.4, -0.2) is 16.8 Å². The van der Waals surface area contributed by atoms with Crippen molar-refractivity contribution in [3.63, 3.8) is 0 Å². The van der Waals surface area contributed by atoms with Crippen LogP contribution >= 0.6 is 11.3 Å². The highest BCUT2D eigenvalue weighted by atomic mass is 32.1. The molecule has 0 bridgehead atoms. The molecule has 0 atom stereocenters. The first kappa shape index (κ1) is 17.7. The summed E-state index contributed by atoms with van der Waals surface area (Å²) in [6.07, 6.45) is 0. The minimum atomic E-state index is -0.836. The average Bonchev–Trinajstić information content (AvgIpc) is 3.21. The molecule has 9 heteroatoms. The lowest BCUT2D eigenvalue weighted by atomic mass is 10.2. The summed E-state index contributed by atoms with van der Waals surface area (Å²) in [6, 6.07) is 5.97. The zero-order valence-corrected chi connectivity index (χ0v) is 14.3. The first-order valence-corrected chi connectivity index (χ1v) is 8.35. The molecule has 0 aliphatic carbocycles. The highest BCUT2D eigenvalue weighted by Gasteiger charge is 2.14. The minimum absolute atomic E-state index is 0.144. The van der Waals surface area contributed by atoms with E-state index in [1.165, 1.54) is 6.92 Å². The Balaban J connectivity index is 1.70. The molecule has 6 nitrogen and oxygen atoms in total. The molecule has 0 spiro atoms. The van der Waals surface area contributed by atoms with E-state index in [4.69, 9.17) is 4.42 Å². The number of thiazole rings is 1. The number of aromatic nitrogens is 1. The summed E-state index contributed by atoms with van der Waals surface area (Å²) < 4.78 is 32.0. The number of furan rings is 1. The summed E-state index contributed by atoms with van der Waals surface area (Å²) in [5.74, 6) is -1.48. The fourth-order valence-electron chi connectivity index (χ4n) is 2.12. The molecule has 0 unspecified atom stereocenters. The van der Waals surface area contributed by atoms with Crippen molar-refractivity contribution in [2.75, 3.05) is 5.32 Å². The number of amides is 2. The van der Waals surface area contributed by atoms with E-state index in [1.807, 2.05) is 0 Å². The third kappa shape index (κ3) is 4.31. The highest BCUT2D eigenvalue weighted by Crippen LogP contribution is 2.27. The lowest BCUT2D eigenvalue weighted by Gasteiger charge is -2.02. The number of carbonyl (C=O) groups is 2. The van der Waals surface area contributed by atoms with Crippen molar-refractivity contribution < 1.29 is 22.8 Å². The van der Waals surface area contributed by atoms with Crippen LogP contribution < -0.4 is 10.6 Å². The van der Waals surface area contributed by atoms with Crippen LogP contribution in [-0.2, 0) is 11.3 Å². The van der Waals surface area contributed by atoms with E-state index in [-0.39, 0.29) is 23.1 Å². The Morgan fingerprint density at radius 1 is 1.19 bits per heavy atom. The van der Waals surface area contributed by atoms with Gasteiger partial charge in [0, 0.05) is 23.9 Å². The summed E-state index contributed by atoms with van der Waals surface area (Å²) >= 11 is 1.14. The zero-order chi connectivity index (χ0) is 18.7. The van der Waals surface area contributed by atoms with Gasteiger partial charge in [-0.1, -0.05) is 0 Å². The van der Waals surface area contributed by atoms with E-state index in [0.29, 0.717) is 23.3 Å². The standard InChI is InChI=1S/C17H13F2N3O3S/c1-9(23)20-7-13-2-3-15(25-13)14-8-26-17(21-14)22-16(24)10-4-11(18)6-12(19)5-10/h2-6,8H,7H2,1H3,(H,20,23)(H,21,22,24). The second kappa shape index (κ2) is 7.44. The van der Waals surface area contributed by atoms with Crippen molar-refractivity contribution in [1.82, 2.24) is 10.3 Å². The molecule has 3 aromatic rings. The van der Waals surface area contributed by atoms with Gasteiger partial charge < -0.3 is 9.73 Å². The maximum absolute atomic E-state index is 13.2. The number of nitrogens with zero attached hydrogens (tertiary/aromatic N) is 1. The van der Waals surface area contributed by atoms with Gasteiger partial charge in [0.2, 0.25) is 5.91 Å². The predicted molar refractivity (Wildman–Crippen MR) is 91.6 cm³/mol. The molecule has 0 aliphatic heterocycles. The van der Waals surface area contributed by atoms with Gasteiger partial charge in [-0.3, -0.25) is 14.9 Å². The molecule has 0 radical (unpaired) electrons. The first-order valence-electron chi connectivity index (χ1n) is 7.47. The molecule has 1 aromatic carbocycles. The van der Waals surface area contributed by atoms with Gasteiger partial charge in [-0.05, 0) is 24.3 Å². The lowest BCUT2D eigenvalue weighted by molar-refractivity contribution is -0.119. The second-order valence-electron chi connectivity index (χ2n) is 5.33. The van der Waals surface area contributed by atoms with E-state index in [9.17, 15) is 18.4 Å². The Hall–Kier alpha value is -3.07. The molecule has 2 amide bonds. The number of anilines is 1. The fourth-order valence-corrected chi connectivity index (χ4v) is 2.82. The topological polar surface area (TPSA) is 84.2 Å². The van der Waals surface area contributed by atoms with Gasteiger partial charge in [-0.15, -0.1) is 11.3 Å². The van der Waals surface area contributed by atoms with Gasteiger partial charge in [0.1, 0.15) is 23.1 Å². The maximum atomic E-state index is 13.2. The zero-order valence-electron chi connectivity index (χ0n) is 13.5. The highest BCUT2D eigenvalue weighted by molar-refractivity contribution is 7.14. The second-order valence-corrected chi connectivity index (χ2v) is 6.18. The summed E-state index contributed by atoms with van der Waals surface area (Å²) in [4.78, 5) is 27.2. The maximum Gasteiger partial charge on any atom is 0.257 e. The number of carbonyl (C=O) groups excluding carboxylic acids is 2. The van der Waals surface area contributed by atoms with Crippen molar-refractivity contribution >= 4 is 28.3 Å². The number of nitrogens with one attached hydrogen (secondary N) is 2. The molecule has 0 fully saturated rings. The quantitative estimate of drug-likeness (QED) is 0.712. The molecule has 3 rings (SSSR count). The Labute approximate surface area is 150 Å². The molecule has 0 saturated carbocycles. The van der Waals surface area contributed by atoms with E-state index in [2.05, 4.69) is 15.6 Å². The van der Waals surface area contributed by atoms with Crippen LogP contribution in [0.15, 0.2) is 40.1 Å². The van der Waals surface area contributed by atoms with E-state index < -0.39 is 17.5 Å².